The van der Waals surface area contributed by atoms with Gasteiger partial charge in [0.15, 0.2) is 5.96 Å². The van der Waals surface area contributed by atoms with Gasteiger partial charge < -0.3 is 15.4 Å². The maximum absolute atomic E-state index is 12.9. The molecule has 1 aromatic rings. The maximum atomic E-state index is 12.9. The molecule has 1 aliphatic heterocycles. The molecular weight excluding hydrogens is 434 g/mol. The fourth-order valence-corrected chi connectivity index (χ4v) is 2.59. The SMILES string of the molecule is CCNC(=NCc1ccc(F)cc1)NCCCCN1CCOCC1.I. The van der Waals surface area contributed by atoms with E-state index in [1.165, 1.54) is 18.6 Å². The van der Waals surface area contributed by atoms with Crippen LogP contribution in [0.15, 0.2) is 29.3 Å². The predicted octanol–water partition coefficient (Wildman–Crippen LogP) is 2.61. The molecule has 142 valence electrons. The minimum atomic E-state index is -0.215. The fourth-order valence-electron chi connectivity index (χ4n) is 2.59. The van der Waals surface area contributed by atoms with Crippen molar-refractivity contribution in [3.05, 3.63) is 35.6 Å². The first-order valence-electron chi connectivity index (χ1n) is 8.84. The third-order valence-corrected chi connectivity index (χ3v) is 3.97. The summed E-state index contributed by atoms with van der Waals surface area (Å²) in [6.07, 6.45) is 2.28. The zero-order valence-electron chi connectivity index (χ0n) is 15.0. The summed E-state index contributed by atoms with van der Waals surface area (Å²) in [5.74, 6) is 0.598. The van der Waals surface area contributed by atoms with Crippen LogP contribution in [0.2, 0.25) is 0 Å². The first kappa shape index (κ1) is 22.1. The molecule has 1 aromatic carbocycles. The Labute approximate surface area is 167 Å². The Morgan fingerprint density at radius 2 is 1.88 bits per heavy atom. The third kappa shape index (κ3) is 9.37. The van der Waals surface area contributed by atoms with Crippen LogP contribution in [0.4, 0.5) is 4.39 Å². The molecule has 5 nitrogen and oxygen atoms in total. The van der Waals surface area contributed by atoms with Crippen molar-refractivity contribution >= 4 is 29.9 Å². The Morgan fingerprint density at radius 1 is 1.16 bits per heavy atom. The van der Waals surface area contributed by atoms with E-state index in [1.54, 1.807) is 12.1 Å². The predicted molar refractivity (Wildman–Crippen MR) is 111 cm³/mol. The van der Waals surface area contributed by atoms with Crippen molar-refractivity contribution in [2.45, 2.75) is 26.3 Å². The van der Waals surface area contributed by atoms with Gasteiger partial charge in [-0.1, -0.05) is 12.1 Å². The highest BCUT2D eigenvalue weighted by atomic mass is 127. The first-order valence-corrected chi connectivity index (χ1v) is 8.84. The number of guanidine groups is 1. The third-order valence-electron chi connectivity index (χ3n) is 3.97. The Bertz CT molecular complexity index is 492. The summed E-state index contributed by atoms with van der Waals surface area (Å²) in [7, 11) is 0. The van der Waals surface area contributed by atoms with E-state index in [4.69, 9.17) is 4.74 Å². The van der Waals surface area contributed by atoms with Crippen molar-refractivity contribution < 1.29 is 9.13 Å². The zero-order valence-corrected chi connectivity index (χ0v) is 17.3. The number of nitrogens with zero attached hydrogens (tertiary/aromatic N) is 2. The molecule has 2 rings (SSSR count). The van der Waals surface area contributed by atoms with E-state index in [0.717, 1.165) is 63.9 Å². The van der Waals surface area contributed by atoms with Gasteiger partial charge >= 0.3 is 0 Å². The molecule has 1 saturated heterocycles. The van der Waals surface area contributed by atoms with Crippen molar-refractivity contribution in [1.82, 2.24) is 15.5 Å². The minimum absolute atomic E-state index is 0. The number of morpholine rings is 1. The lowest BCUT2D eigenvalue weighted by molar-refractivity contribution is 0.0372. The van der Waals surface area contributed by atoms with Crippen LogP contribution < -0.4 is 10.6 Å². The Morgan fingerprint density at radius 3 is 2.56 bits per heavy atom. The summed E-state index contributed by atoms with van der Waals surface area (Å²) in [4.78, 5) is 7.00. The van der Waals surface area contributed by atoms with Gasteiger partial charge in [-0.15, -0.1) is 24.0 Å². The summed E-state index contributed by atoms with van der Waals surface area (Å²) in [5.41, 5.74) is 1.00. The summed E-state index contributed by atoms with van der Waals surface area (Å²) < 4.78 is 18.3. The molecule has 0 spiro atoms. The Hall–Kier alpha value is -0.930. The van der Waals surface area contributed by atoms with Gasteiger partial charge in [-0.3, -0.25) is 4.90 Å². The van der Waals surface area contributed by atoms with E-state index in [0.29, 0.717) is 6.54 Å². The molecule has 1 aliphatic rings. The number of rotatable bonds is 8. The zero-order chi connectivity index (χ0) is 17.0. The molecule has 0 radical (unpaired) electrons. The number of unbranched alkanes of at least 4 members (excludes halogenated alkanes) is 1. The lowest BCUT2D eigenvalue weighted by Crippen LogP contribution is -2.39. The highest BCUT2D eigenvalue weighted by Crippen LogP contribution is 2.04. The quantitative estimate of drug-likeness (QED) is 0.269. The van der Waals surface area contributed by atoms with Crippen LogP contribution in [0.25, 0.3) is 0 Å². The van der Waals surface area contributed by atoms with Gasteiger partial charge in [0.05, 0.1) is 19.8 Å². The molecule has 7 heteroatoms. The van der Waals surface area contributed by atoms with Crippen LogP contribution in [-0.4, -0.2) is 56.8 Å². The summed E-state index contributed by atoms with van der Waals surface area (Å²) in [6.45, 7) is 9.27. The van der Waals surface area contributed by atoms with Crippen LogP contribution in [0.5, 0.6) is 0 Å². The van der Waals surface area contributed by atoms with Gasteiger partial charge in [0.2, 0.25) is 0 Å². The van der Waals surface area contributed by atoms with E-state index in [-0.39, 0.29) is 29.8 Å². The molecule has 0 unspecified atom stereocenters. The molecule has 25 heavy (non-hydrogen) atoms. The molecule has 0 aromatic heterocycles. The number of hydrogen-bond donors (Lipinski definition) is 2. The Kier molecular flexibility index (Phi) is 11.8. The van der Waals surface area contributed by atoms with Crippen LogP contribution in [0, 0.1) is 5.82 Å². The van der Waals surface area contributed by atoms with Crippen LogP contribution in [0.1, 0.15) is 25.3 Å². The number of hydrogen-bond acceptors (Lipinski definition) is 3. The molecule has 2 N–H and O–H groups in total. The van der Waals surface area contributed by atoms with Crippen LogP contribution >= 0.6 is 24.0 Å². The molecule has 0 saturated carbocycles. The number of ether oxygens (including phenoxy) is 1. The van der Waals surface area contributed by atoms with Gasteiger partial charge in [-0.2, -0.15) is 0 Å². The van der Waals surface area contributed by atoms with Crippen molar-refractivity contribution in [3.8, 4) is 0 Å². The second kappa shape index (κ2) is 13.3. The van der Waals surface area contributed by atoms with Gasteiger partial charge in [-0.05, 0) is 44.0 Å². The number of benzene rings is 1. The van der Waals surface area contributed by atoms with E-state index >= 15 is 0 Å². The largest absolute Gasteiger partial charge is 0.379 e. The summed E-state index contributed by atoms with van der Waals surface area (Å²) >= 11 is 0. The average Bonchev–Trinajstić information content (AvgIpc) is 2.61. The second-order valence-corrected chi connectivity index (χ2v) is 5.91. The normalized spacial score (nSPS) is 15.5. The highest BCUT2D eigenvalue weighted by molar-refractivity contribution is 14.0. The molecule has 0 atom stereocenters. The van der Waals surface area contributed by atoms with Gasteiger partial charge in [0.1, 0.15) is 5.82 Å². The van der Waals surface area contributed by atoms with Crippen molar-refractivity contribution in [2.24, 2.45) is 4.99 Å². The second-order valence-electron chi connectivity index (χ2n) is 5.91. The van der Waals surface area contributed by atoms with E-state index in [1.807, 2.05) is 6.92 Å². The standard InChI is InChI=1S/C18H29FN4O.HI/c1-2-20-18(22-15-16-5-7-17(19)8-6-16)21-9-3-4-10-23-11-13-24-14-12-23;/h5-8H,2-4,9-15H2,1H3,(H2,20,21,22);1H. The Balaban J connectivity index is 0.00000312. The van der Waals surface area contributed by atoms with Crippen molar-refractivity contribution in [3.63, 3.8) is 0 Å². The van der Waals surface area contributed by atoms with Crippen LogP contribution in [-0.2, 0) is 11.3 Å². The van der Waals surface area contributed by atoms with Crippen LogP contribution in [0.3, 0.4) is 0 Å². The fraction of sp³-hybridized carbons (Fsp3) is 0.611. The smallest absolute Gasteiger partial charge is 0.191 e. The summed E-state index contributed by atoms with van der Waals surface area (Å²) in [6, 6.07) is 6.48. The highest BCUT2D eigenvalue weighted by Gasteiger charge is 2.09. The van der Waals surface area contributed by atoms with Gasteiger partial charge in [0.25, 0.3) is 0 Å². The van der Waals surface area contributed by atoms with Crippen molar-refractivity contribution in [2.75, 3.05) is 45.9 Å². The molecule has 1 heterocycles. The van der Waals surface area contributed by atoms with E-state index < -0.39 is 0 Å². The first-order chi connectivity index (χ1) is 11.8. The lowest BCUT2D eigenvalue weighted by Gasteiger charge is -2.26. The average molecular weight is 464 g/mol. The molecule has 0 amide bonds. The van der Waals surface area contributed by atoms with Gasteiger partial charge in [-0.25, -0.2) is 9.38 Å². The number of nitrogens with one attached hydrogen (secondary N) is 2. The molecule has 0 aliphatic carbocycles. The topological polar surface area (TPSA) is 48.9 Å². The number of halogens is 2. The summed E-state index contributed by atoms with van der Waals surface area (Å²) in [5, 5.41) is 6.60. The van der Waals surface area contributed by atoms with Gasteiger partial charge in [0, 0.05) is 26.2 Å². The minimum Gasteiger partial charge on any atom is -0.379 e. The lowest BCUT2D eigenvalue weighted by atomic mass is 10.2. The van der Waals surface area contributed by atoms with E-state index in [2.05, 4.69) is 20.5 Å². The van der Waals surface area contributed by atoms with Crippen molar-refractivity contribution in [1.29, 1.82) is 0 Å². The molecule has 0 bridgehead atoms. The molecular formula is C18H30FIN4O. The molecule has 1 fully saturated rings. The van der Waals surface area contributed by atoms with E-state index in [9.17, 15) is 4.39 Å². The maximum Gasteiger partial charge on any atom is 0.191 e. The number of aliphatic imine (C=N–C) groups is 1. The monoisotopic (exact) mass is 464 g/mol.